The lowest BCUT2D eigenvalue weighted by atomic mass is 9.98. The molecule has 8 heteroatoms. The lowest BCUT2D eigenvalue weighted by molar-refractivity contribution is -0.149. The van der Waals surface area contributed by atoms with Crippen molar-refractivity contribution in [2.75, 3.05) is 26.9 Å². The van der Waals surface area contributed by atoms with E-state index in [2.05, 4.69) is 17.4 Å². The van der Waals surface area contributed by atoms with E-state index in [4.69, 9.17) is 9.47 Å². The van der Waals surface area contributed by atoms with E-state index in [0.717, 1.165) is 22.3 Å². The molecule has 2 atom stereocenters. The standard InChI is InChI=1S/C24H26N2O6/c1-31-14-20(22(27)26-12-6-11-21(26)23(28)29)25-24(30)32-13-19-17-9-4-2-7-15(17)16-8-3-5-10-18(16)19/h2-5,7-10,19-21H,6,11-14H2,1H3,(H,25,30)(H,28,29)/t20-,21-/m0/s1. The number of carbonyl (C=O) groups is 3. The van der Waals surface area contributed by atoms with Crippen molar-refractivity contribution in [1.82, 2.24) is 10.2 Å². The summed E-state index contributed by atoms with van der Waals surface area (Å²) in [6.45, 7) is 0.378. The van der Waals surface area contributed by atoms with Gasteiger partial charge in [-0.05, 0) is 35.1 Å². The molecule has 1 aliphatic carbocycles. The Balaban J connectivity index is 1.42. The number of nitrogens with one attached hydrogen (secondary N) is 1. The van der Waals surface area contributed by atoms with E-state index in [-0.39, 0.29) is 19.1 Å². The second kappa shape index (κ2) is 9.40. The van der Waals surface area contributed by atoms with Gasteiger partial charge in [-0.25, -0.2) is 9.59 Å². The number of likely N-dealkylation sites (tertiary alicyclic amines) is 1. The summed E-state index contributed by atoms with van der Waals surface area (Å²) in [6, 6.07) is 14.1. The van der Waals surface area contributed by atoms with Gasteiger partial charge in [0.2, 0.25) is 5.91 Å². The van der Waals surface area contributed by atoms with E-state index in [1.54, 1.807) is 0 Å². The van der Waals surface area contributed by atoms with E-state index >= 15 is 0 Å². The molecule has 168 valence electrons. The maximum atomic E-state index is 12.9. The van der Waals surface area contributed by atoms with Crippen LogP contribution < -0.4 is 5.32 Å². The summed E-state index contributed by atoms with van der Waals surface area (Å²) in [5.41, 5.74) is 4.43. The fraction of sp³-hybridized carbons (Fsp3) is 0.375. The molecule has 4 rings (SSSR count). The number of hydrogen-bond acceptors (Lipinski definition) is 5. The first kappa shape index (κ1) is 21.8. The van der Waals surface area contributed by atoms with Crippen LogP contribution in [0.1, 0.15) is 29.9 Å². The van der Waals surface area contributed by atoms with E-state index in [1.165, 1.54) is 12.0 Å². The van der Waals surface area contributed by atoms with Crippen molar-refractivity contribution >= 4 is 18.0 Å². The predicted octanol–water partition coefficient (Wildman–Crippen LogP) is 2.62. The zero-order valence-corrected chi connectivity index (χ0v) is 17.8. The molecule has 1 fully saturated rings. The van der Waals surface area contributed by atoms with Crippen LogP contribution in [-0.4, -0.2) is 66.9 Å². The Kier molecular flexibility index (Phi) is 6.41. The van der Waals surface area contributed by atoms with Crippen LogP contribution in [0, 0.1) is 0 Å². The summed E-state index contributed by atoms with van der Waals surface area (Å²) in [4.78, 5) is 38.2. The van der Waals surface area contributed by atoms with Crippen molar-refractivity contribution in [1.29, 1.82) is 0 Å². The van der Waals surface area contributed by atoms with Gasteiger partial charge < -0.3 is 24.8 Å². The maximum Gasteiger partial charge on any atom is 0.407 e. The molecule has 2 aromatic carbocycles. The number of methoxy groups -OCH3 is 1. The van der Waals surface area contributed by atoms with Crippen LogP contribution in [0.15, 0.2) is 48.5 Å². The molecule has 2 amide bonds. The third-order valence-electron chi connectivity index (χ3n) is 6.09. The molecule has 0 saturated carbocycles. The molecule has 2 aliphatic rings. The largest absolute Gasteiger partial charge is 0.480 e. The monoisotopic (exact) mass is 438 g/mol. The van der Waals surface area contributed by atoms with E-state index in [1.807, 2.05) is 36.4 Å². The Hall–Kier alpha value is -3.39. The highest BCUT2D eigenvalue weighted by Crippen LogP contribution is 2.44. The number of alkyl carbamates (subject to hydrolysis) is 1. The first-order valence-electron chi connectivity index (χ1n) is 10.6. The van der Waals surface area contributed by atoms with E-state index in [9.17, 15) is 19.5 Å². The SMILES string of the molecule is COC[C@H](NC(=O)OCC1c2ccccc2-c2ccccc21)C(=O)N1CCC[C@H]1C(=O)O. The van der Waals surface area contributed by atoms with Gasteiger partial charge in [0.25, 0.3) is 0 Å². The fourth-order valence-corrected chi connectivity index (χ4v) is 4.61. The van der Waals surface area contributed by atoms with Gasteiger partial charge in [-0.3, -0.25) is 4.79 Å². The number of hydrogen-bond donors (Lipinski definition) is 2. The van der Waals surface area contributed by atoms with Crippen molar-refractivity contribution in [2.24, 2.45) is 0 Å². The van der Waals surface area contributed by atoms with Crippen molar-refractivity contribution in [3.8, 4) is 11.1 Å². The van der Waals surface area contributed by atoms with Gasteiger partial charge >= 0.3 is 12.1 Å². The van der Waals surface area contributed by atoms with Gasteiger partial charge in [-0.1, -0.05) is 48.5 Å². The zero-order valence-electron chi connectivity index (χ0n) is 17.8. The quantitative estimate of drug-likeness (QED) is 0.689. The summed E-state index contributed by atoms with van der Waals surface area (Å²) in [7, 11) is 1.42. The lowest BCUT2D eigenvalue weighted by Gasteiger charge is -2.27. The first-order chi connectivity index (χ1) is 15.5. The van der Waals surface area contributed by atoms with E-state index in [0.29, 0.717) is 19.4 Å². The average Bonchev–Trinajstić information content (AvgIpc) is 3.40. The summed E-state index contributed by atoms with van der Waals surface area (Å²) in [5.74, 6) is -1.63. The smallest absolute Gasteiger partial charge is 0.407 e. The third-order valence-corrected chi connectivity index (χ3v) is 6.09. The van der Waals surface area contributed by atoms with Gasteiger partial charge in [0.15, 0.2) is 0 Å². The molecule has 0 unspecified atom stereocenters. The fourth-order valence-electron chi connectivity index (χ4n) is 4.61. The Labute approximate surface area is 186 Å². The highest BCUT2D eigenvalue weighted by molar-refractivity contribution is 5.90. The molecule has 1 heterocycles. The van der Waals surface area contributed by atoms with Gasteiger partial charge in [-0.15, -0.1) is 0 Å². The number of fused-ring (bicyclic) bond motifs is 3. The van der Waals surface area contributed by atoms with Crippen LogP contribution in [-0.2, 0) is 19.1 Å². The summed E-state index contributed by atoms with van der Waals surface area (Å²) >= 11 is 0. The second-order valence-corrected chi connectivity index (χ2v) is 8.01. The van der Waals surface area contributed by atoms with E-state index < -0.39 is 30.1 Å². The Morgan fingerprint density at radius 1 is 1.09 bits per heavy atom. The minimum Gasteiger partial charge on any atom is -0.480 e. The normalized spacial score (nSPS) is 18.0. The lowest BCUT2D eigenvalue weighted by Crippen LogP contribution is -2.53. The first-order valence-corrected chi connectivity index (χ1v) is 10.6. The topological polar surface area (TPSA) is 105 Å². The Bertz CT molecular complexity index is 978. The number of carboxylic acids is 1. The average molecular weight is 438 g/mol. The number of carboxylic acid groups (broad SMARTS) is 1. The Morgan fingerprint density at radius 2 is 1.72 bits per heavy atom. The molecule has 8 nitrogen and oxygen atoms in total. The predicted molar refractivity (Wildman–Crippen MR) is 116 cm³/mol. The van der Waals surface area contributed by atoms with Crippen molar-refractivity contribution < 1.29 is 29.0 Å². The van der Waals surface area contributed by atoms with Crippen molar-refractivity contribution in [2.45, 2.75) is 30.8 Å². The third kappa shape index (κ3) is 4.18. The van der Waals surface area contributed by atoms with Crippen LogP contribution in [0.4, 0.5) is 4.79 Å². The Morgan fingerprint density at radius 3 is 2.31 bits per heavy atom. The summed E-state index contributed by atoms with van der Waals surface area (Å²) < 4.78 is 10.6. The van der Waals surface area contributed by atoms with Crippen LogP contribution in [0.5, 0.6) is 0 Å². The molecule has 0 bridgehead atoms. The molecule has 32 heavy (non-hydrogen) atoms. The molecule has 0 spiro atoms. The number of amides is 2. The second-order valence-electron chi connectivity index (χ2n) is 8.01. The molecular weight excluding hydrogens is 412 g/mol. The molecule has 2 N–H and O–H groups in total. The number of ether oxygens (including phenoxy) is 2. The molecular formula is C24H26N2O6. The molecule has 0 aromatic heterocycles. The van der Waals surface area contributed by atoms with Crippen molar-refractivity contribution in [3.63, 3.8) is 0 Å². The number of rotatable bonds is 7. The number of carbonyl (C=O) groups excluding carboxylic acids is 2. The summed E-state index contributed by atoms with van der Waals surface area (Å²) in [5, 5.41) is 11.9. The van der Waals surface area contributed by atoms with Crippen LogP contribution in [0.2, 0.25) is 0 Å². The van der Waals surface area contributed by atoms with Gasteiger partial charge in [-0.2, -0.15) is 0 Å². The molecule has 1 saturated heterocycles. The van der Waals surface area contributed by atoms with Gasteiger partial charge in [0.05, 0.1) is 6.61 Å². The summed E-state index contributed by atoms with van der Waals surface area (Å²) in [6.07, 6.45) is 0.257. The van der Waals surface area contributed by atoms with Gasteiger partial charge in [0, 0.05) is 19.6 Å². The minimum absolute atomic E-state index is 0.0775. The van der Waals surface area contributed by atoms with Gasteiger partial charge in [0.1, 0.15) is 18.7 Å². The van der Waals surface area contributed by atoms with Crippen LogP contribution in [0.3, 0.4) is 0 Å². The van der Waals surface area contributed by atoms with Crippen LogP contribution in [0.25, 0.3) is 11.1 Å². The highest BCUT2D eigenvalue weighted by Gasteiger charge is 2.38. The molecule has 2 aromatic rings. The minimum atomic E-state index is -1.05. The number of benzene rings is 2. The van der Waals surface area contributed by atoms with Crippen LogP contribution >= 0.6 is 0 Å². The van der Waals surface area contributed by atoms with Crippen molar-refractivity contribution in [3.05, 3.63) is 59.7 Å². The number of nitrogens with zero attached hydrogens (tertiary/aromatic N) is 1. The molecule has 1 aliphatic heterocycles. The molecule has 0 radical (unpaired) electrons. The highest BCUT2D eigenvalue weighted by atomic mass is 16.5. The zero-order chi connectivity index (χ0) is 22.7. The maximum absolute atomic E-state index is 12.9. The number of aliphatic carboxylic acids is 1.